The number of methoxy groups -OCH3 is 2. The van der Waals surface area contributed by atoms with Gasteiger partial charge in [-0.05, 0) is 24.6 Å². The maximum atomic E-state index is 12.3. The molecule has 0 aliphatic rings. The van der Waals surface area contributed by atoms with Gasteiger partial charge in [-0.3, -0.25) is 14.9 Å². The molecule has 0 fully saturated rings. The normalized spacial score (nSPS) is 11.9. The summed E-state index contributed by atoms with van der Waals surface area (Å²) in [5.41, 5.74) is 0.957. The van der Waals surface area contributed by atoms with Crippen LogP contribution in [0.25, 0.3) is 5.69 Å². The largest absolute Gasteiger partial charge is 0.468 e. The van der Waals surface area contributed by atoms with Crippen LogP contribution in [0.1, 0.15) is 6.42 Å². The highest BCUT2D eigenvalue weighted by Crippen LogP contribution is 2.24. The Labute approximate surface area is 165 Å². The van der Waals surface area contributed by atoms with Crippen LogP contribution in [-0.2, 0) is 19.1 Å². The van der Waals surface area contributed by atoms with Crippen LogP contribution < -0.4 is 10.6 Å². The van der Waals surface area contributed by atoms with Crippen LogP contribution in [0, 0.1) is 0 Å². The van der Waals surface area contributed by atoms with Gasteiger partial charge >= 0.3 is 5.97 Å². The molecule has 27 heavy (non-hydrogen) atoms. The van der Waals surface area contributed by atoms with Crippen molar-refractivity contribution in [2.75, 3.05) is 32.7 Å². The SMILES string of the molecule is COCCC(NCC(=O)Nc1cc(Cl)ccc1-n1cc(Cl)nn1)C(=O)OC. The van der Waals surface area contributed by atoms with Crippen LogP contribution in [0.5, 0.6) is 0 Å². The zero-order chi connectivity index (χ0) is 19.8. The van der Waals surface area contributed by atoms with Crippen molar-refractivity contribution in [1.29, 1.82) is 0 Å². The number of carbonyl (C=O) groups is 2. The molecule has 1 amide bonds. The van der Waals surface area contributed by atoms with Crippen LogP contribution in [0.4, 0.5) is 5.69 Å². The number of benzene rings is 1. The molecule has 0 saturated heterocycles. The highest BCUT2D eigenvalue weighted by atomic mass is 35.5. The summed E-state index contributed by atoms with van der Waals surface area (Å²) in [7, 11) is 2.81. The number of esters is 1. The molecule has 0 aliphatic heterocycles. The molecule has 0 radical (unpaired) electrons. The van der Waals surface area contributed by atoms with Crippen LogP contribution in [0.15, 0.2) is 24.4 Å². The summed E-state index contributed by atoms with van der Waals surface area (Å²) in [5.74, 6) is -0.850. The lowest BCUT2D eigenvalue weighted by atomic mass is 10.2. The second-order valence-electron chi connectivity index (χ2n) is 5.43. The molecular weight excluding hydrogens is 397 g/mol. The van der Waals surface area contributed by atoms with Crippen molar-refractivity contribution >= 4 is 40.8 Å². The quantitative estimate of drug-likeness (QED) is 0.599. The standard InChI is InChI=1S/C16H19Cl2N5O4/c1-26-6-5-11(16(25)27-2)19-8-15(24)20-12-7-10(17)3-4-13(12)23-9-14(18)21-22-23/h3-4,7,9,11,19H,5-6,8H2,1-2H3,(H,20,24). The first-order valence-electron chi connectivity index (χ1n) is 7.92. The summed E-state index contributed by atoms with van der Waals surface area (Å²) in [6.07, 6.45) is 1.87. The monoisotopic (exact) mass is 415 g/mol. The third-order valence-electron chi connectivity index (χ3n) is 3.55. The molecule has 1 atom stereocenters. The van der Waals surface area contributed by atoms with Gasteiger partial charge in [0.1, 0.15) is 6.04 Å². The van der Waals surface area contributed by atoms with Crippen molar-refractivity contribution < 1.29 is 19.1 Å². The summed E-state index contributed by atoms with van der Waals surface area (Å²) in [6.45, 7) is 0.230. The van der Waals surface area contributed by atoms with E-state index < -0.39 is 12.0 Å². The number of amides is 1. The van der Waals surface area contributed by atoms with Gasteiger partial charge in [0.25, 0.3) is 0 Å². The van der Waals surface area contributed by atoms with Crippen molar-refractivity contribution in [2.24, 2.45) is 0 Å². The molecule has 1 aromatic carbocycles. The Morgan fingerprint density at radius 2 is 2.07 bits per heavy atom. The molecule has 2 aromatic rings. The molecule has 0 bridgehead atoms. The number of halogens is 2. The minimum Gasteiger partial charge on any atom is -0.468 e. The predicted molar refractivity (Wildman–Crippen MR) is 100 cm³/mol. The maximum absolute atomic E-state index is 12.3. The average molecular weight is 416 g/mol. The average Bonchev–Trinajstić information content (AvgIpc) is 3.07. The third kappa shape index (κ3) is 6.17. The first kappa shape index (κ1) is 21.1. The fourth-order valence-electron chi connectivity index (χ4n) is 2.26. The summed E-state index contributed by atoms with van der Waals surface area (Å²) >= 11 is 11.8. The van der Waals surface area contributed by atoms with Crippen molar-refractivity contribution in [3.05, 3.63) is 34.6 Å². The number of carbonyl (C=O) groups excluding carboxylic acids is 2. The van der Waals surface area contributed by atoms with Crippen LogP contribution >= 0.6 is 23.2 Å². The lowest BCUT2D eigenvalue weighted by Crippen LogP contribution is -2.42. The molecule has 0 spiro atoms. The molecule has 0 saturated carbocycles. The Morgan fingerprint density at radius 3 is 2.70 bits per heavy atom. The Bertz CT molecular complexity index is 799. The number of anilines is 1. The van der Waals surface area contributed by atoms with E-state index in [9.17, 15) is 9.59 Å². The van der Waals surface area contributed by atoms with E-state index in [0.717, 1.165) is 0 Å². The Balaban J connectivity index is 2.06. The number of nitrogens with zero attached hydrogens (tertiary/aromatic N) is 3. The second-order valence-corrected chi connectivity index (χ2v) is 6.26. The van der Waals surface area contributed by atoms with E-state index in [-0.39, 0.29) is 17.6 Å². The summed E-state index contributed by atoms with van der Waals surface area (Å²) in [6, 6.07) is 4.24. The van der Waals surface area contributed by atoms with E-state index in [0.29, 0.717) is 29.4 Å². The highest BCUT2D eigenvalue weighted by molar-refractivity contribution is 6.31. The van der Waals surface area contributed by atoms with Gasteiger partial charge in [-0.25, -0.2) is 4.68 Å². The number of ether oxygens (including phenoxy) is 2. The van der Waals surface area contributed by atoms with E-state index in [2.05, 4.69) is 20.9 Å². The number of hydrogen-bond acceptors (Lipinski definition) is 7. The zero-order valence-electron chi connectivity index (χ0n) is 14.7. The van der Waals surface area contributed by atoms with Crippen LogP contribution in [-0.4, -0.2) is 60.3 Å². The Kier molecular flexibility index (Phi) is 7.99. The highest BCUT2D eigenvalue weighted by Gasteiger charge is 2.20. The van der Waals surface area contributed by atoms with Crippen LogP contribution in [0.2, 0.25) is 10.2 Å². The lowest BCUT2D eigenvalue weighted by Gasteiger charge is -2.16. The molecule has 1 unspecified atom stereocenters. The molecule has 1 heterocycles. The zero-order valence-corrected chi connectivity index (χ0v) is 16.3. The van der Waals surface area contributed by atoms with Crippen molar-refractivity contribution in [2.45, 2.75) is 12.5 Å². The smallest absolute Gasteiger partial charge is 0.322 e. The van der Waals surface area contributed by atoms with Gasteiger partial charge in [-0.1, -0.05) is 28.4 Å². The van der Waals surface area contributed by atoms with E-state index >= 15 is 0 Å². The molecule has 9 nitrogen and oxygen atoms in total. The molecule has 0 aliphatic carbocycles. The van der Waals surface area contributed by atoms with Gasteiger partial charge in [-0.2, -0.15) is 0 Å². The van der Waals surface area contributed by atoms with Crippen molar-refractivity contribution in [1.82, 2.24) is 20.3 Å². The number of nitrogens with one attached hydrogen (secondary N) is 2. The molecule has 1 aromatic heterocycles. The second kappa shape index (κ2) is 10.2. The number of hydrogen-bond donors (Lipinski definition) is 2. The lowest BCUT2D eigenvalue weighted by molar-refractivity contribution is -0.143. The third-order valence-corrected chi connectivity index (χ3v) is 3.96. The van der Waals surface area contributed by atoms with Crippen molar-refractivity contribution in [3.63, 3.8) is 0 Å². The van der Waals surface area contributed by atoms with E-state index in [1.54, 1.807) is 18.2 Å². The summed E-state index contributed by atoms with van der Waals surface area (Å²) in [4.78, 5) is 24.1. The van der Waals surface area contributed by atoms with Gasteiger partial charge in [0.2, 0.25) is 5.91 Å². The first-order chi connectivity index (χ1) is 12.9. The predicted octanol–water partition coefficient (Wildman–Crippen LogP) is 1.68. The molecule has 11 heteroatoms. The van der Waals surface area contributed by atoms with Gasteiger partial charge in [-0.15, -0.1) is 5.10 Å². The molecular formula is C16H19Cl2N5O4. The minimum atomic E-state index is -0.659. The summed E-state index contributed by atoms with van der Waals surface area (Å²) < 4.78 is 11.1. The summed E-state index contributed by atoms with van der Waals surface area (Å²) in [5, 5.41) is 13.8. The molecule has 146 valence electrons. The van der Waals surface area contributed by atoms with E-state index in [4.69, 9.17) is 32.7 Å². The van der Waals surface area contributed by atoms with E-state index in [1.165, 1.54) is 25.1 Å². The number of rotatable bonds is 9. The Hall–Kier alpha value is -2.20. The molecule has 2 rings (SSSR count). The van der Waals surface area contributed by atoms with Gasteiger partial charge in [0, 0.05) is 18.7 Å². The fraction of sp³-hybridized carbons (Fsp3) is 0.375. The fourth-order valence-corrected chi connectivity index (χ4v) is 2.56. The first-order valence-corrected chi connectivity index (χ1v) is 8.68. The minimum absolute atomic E-state index is 0.118. The van der Waals surface area contributed by atoms with E-state index in [1.807, 2.05) is 0 Å². The molecule has 2 N–H and O–H groups in total. The van der Waals surface area contributed by atoms with Crippen LogP contribution in [0.3, 0.4) is 0 Å². The Morgan fingerprint density at radius 1 is 1.30 bits per heavy atom. The van der Waals surface area contributed by atoms with Crippen molar-refractivity contribution in [3.8, 4) is 5.69 Å². The topological polar surface area (TPSA) is 107 Å². The van der Waals surface area contributed by atoms with Gasteiger partial charge < -0.3 is 14.8 Å². The van der Waals surface area contributed by atoms with Gasteiger partial charge in [0.15, 0.2) is 5.15 Å². The number of aromatic nitrogens is 3. The van der Waals surface area contributed by atoms with Gasteiger partial charge in [0.05, 0.1) is 31.2 Å². The maximum Gasteiger partial charge on any atom is 0.322 e.